The topological polar surface area (TPSA) is 26.3 Å². The second-order valence-electron chi connectivity index (χ2n) is 2.76. The van der Waals surface area contributed by atoms with E-state index < -0.39 is 0 Å². The zero-order chi connectivity index (χ0) is 9.84. The highest BCUT2D eigenvalue weighted by molar-refractivity contribution is 7.12. The number of hydrogen-bond donors (Lipinski definition) is 0. The Labute approximate surface area is 82.5 Å². The molecule has 0 saturated carbocycles. The molecule has 72 valence electrons. The largest absolute Gasteiger partial charge is 0.462 e. The van der Waals surface area contributed by atoms with E-state index in [9.17, 15) is 4.79 Å². The summed E-state index contributed by atoms with van der Waals surface area (Å²) in [6.07, 6.45) is 0.977. The highest BCUT2D eigenvalue weighted by atomic mass is 32.1. The van der Waals surface area contributed by atoms with Crippen LogP contribution in [0.25, 0.3) is 0 Å². The summed E-state index contributed by atoms with van der Waals surface area (Å²) < 4.78 is 4.93. The molecule has 0 radical (unpaired) electrons. The molecule has 0 amide bonds. The van der Waals surface area contributed by atoms with E-state index in [1.807, 2.05) is 19.9 Å². The molecule has 0 unspecified atom stereocenters. The Hall–Kier alpha value is -0.830. The third-order valence-corrected chi connectivity index (χ3v) is 3.01. The van der Waals surface area contributed by atoms with Gasteiger partial charge in [-0.05, 0) is 26.3 Å². The number of thiophene rings is 1. The molecule has 0 atom stereocenters. The summed E-state index contributed by atoms with van der Waals surface area (Å²) in [6.45, 7) is 6.30. The molecule has 0 aliphatic carbocycles. The lowest BCUT2D eigenvalue weighted by atomic mass is 10.2. The average molecular weight is 198 g/mol. The van der Waals surface area contributed by atoms with Crippen molar-refractivity contribution in [1.82, 2.24) is 0 Å². The van der Waals surface area contributed by atoms with E-state index in [-0.39, 0.29) is 5.97 Å². The van der Waals surface area contributed by atoms with Crippen LogP contribution in [0.1, 0.15) is 34.0 Å². The van der Waals surface area contributed by atoms with Crippen LogP contribution in [-0.4, -0.2) is 12.6 Å². The smallest absolute Gasteiger partial charge is 0.339 e. The van der Waals surface area contributed by atoms with Crippen LogP contribution in [0, 0.1) is 6.92 Å². The van der Waals surface area contributed by atoms with Crippen molar-refractivity contribution in [3.63, 3.8) is 0 Å². The van der Waals surface area contributed by atoms with Crippen molar-refractivity contribution in [3.8, 4) is 0 Å². The normalized spacial score (nSPS) is 10.1. The first-order chi connectivity index (χ1) is 6.19. The van der Waals surface area contributed by atoms with Gasteiger partial charge in [-0.1, -0.05) is 6.92 Å². The molecular formula is C10H14O2S. The molecular weight excluding hydrogens is 184 g/mol. The van der Waals surface area contributed by atoms with E-state index in [1.165, 1.54) is 4.88 Å². The Morgan fingerprint density at radius 2 is 2.23 bits per heavy atom. The van der Waals surface area contributed by atoms with Gasteiger partial charge in [-0.2, -0.15) is 0 Å². The van der Waals surface area contributed by atoms with E-state index in [2.05, 4.69) is 6.92 Å². The molecule has 1 aromatic rings. The van der Waals surface area contributed by atoms with Crippen molar-refractivity contribution in [2.24, 2.45) is 0 Å². The first kappa shape index (κ1) is 10.3. The van der Waals surface area contributed by atoms with Crippen LogP contribution in [-0.2, 0) is 11.2 Å². The maximum absolute atomic E-state index is 11.4. The molecule has 0 spiro atoms. The number of ether oxygens (including phenoxy) is 1. The van der Waals surface area contributed by atoms with Gasteiger partial charge in [-0.25, -0.2) is 4.79 Å². The van der Waals surface area contributed by atoms with E-state index >= 15 is 0 Å². The average Bonchev–Trinajstić information content (AvgIpc) is 2.47. The van der Waals surface area contributed by atoms with Crippen LogP contribution >= 0.6 is 11.3 Å². The predicted octanol–water partition coefficient (Wildman–Crippen LogP) is 2.80. The number of carbonyl (C=O) groups excluding carboxylic acids is 1. The molecule has 0 aliphatic rings. The van der Waals surface area contributed by atoms with Gasteiger partial charge < -0.3 is 4.74 Å². The van der Waals surface area contributed by atoms with Crippen LogP contribution in [0.2, 0.25) is 0 Å². The van der Waals surface area contributed by atoms with Crippen LogP contribution in [0.15, 0.2) is 6.07 Å². The summed E-state index contributed by atoms with van der Waals surface area (Å²) in [6, 6.07) is 1.93. The minimum Gasteiger partial charge on any atom is -0.462 e. The fourth-order valence-electron chi connectivity index (χ4n) is 1.13. The number of rotatable bonds is 3. The van der Waals surface area contributed by atoms with Gasteiger partial charge >= 0.3 is 5.97 Å². The molecule has 0 aromatic carbocycles. The first-order valence-corrected chi connectivity index (χ1v) is 5.27. The van der Waals surface area contributed by atoms with Gasteiger partial charge in [0.25, 0.3) is 0 Å². The maximum atomic E-state index is 11.4. The van der Waals surface area contributed by atoms with Crippen molar-refractivity contribution in [1.29, 1.82) is 0 Å². The van der Waals surface area contributed by atoms with Gasteiger partial charge in [0.1, 0.15) is 0 Å². The molecule has 1 heterocycles. The first-order valence-electron chi connectivity index (χ1n) is 4.45. The third-order valence-electron chi connectivity index (χ3n) is 1.81. The second-order valence-corrected chi connectivity index (χ2v) is 4.10. The highest BCUT2D eigenvalue weighted by Gasteiger charge is 2.12. The summed E-state index contributed by atoms with van der Waals surface area (Å²) in [4.78, 5) is 13.7. The van der Waals surface area contributed by atoms with Crippen LogP contribution in [0.3, 0.4) is 0 Å². The second kappa shape index (κ2) is 4.42. The minimum absolute atomic E-state index is 0.198. The molecule has 0 N–H and O–H groups in total. The third kappa shape index (κ3) is 2.31. The van der Waals surface area contributed by atoms with Crippen molar-refractivity contribution >= 4 is 17.3 Å². The Morgan fingerprint density at radius 3 is 2.69 bits per heavy atom. The minimum atomic E-state index is -0.198. The summed E-state index contributed by atoms with van der Waals surface area (Å²) in [5.41, 5.74) is 0.726. The van der Waals surface area contributed by atoms with Crippen molar-refractivity contribution in [2.75, 3.05) is 6.61 Å². The van der Waals surface area contributed by atoms with Crippen molar-refractivity contribution in [3.05, 3.63) is 21.4 Å². The molecule has 0 saturated heterocycles. The summed E-state index contributed by atoms with van der Waals surface area (Å²) in [5, 5.41) is 0. The maximum Gasteiger partial charge on any atom is 0.339 e. The van der Waals surface area contributed by atoms with Gasteiger partial charge in [0.2, 0.25) is 0 Å². The molecule has 1 aromatic heterocycles. The number of esters is 1. The number of carbonyl (C=O) groups is 1. The molecule has 0 fully saturated rings. The lowest BCUT2D eigenvalue weighted by Gasteiger charge is -1.98. The number of aryl methyl sites for hydroxylation is 2. The lowest BCUT2D eigenvalue weighted by molar-refractivity contribution is 0.0526. The quantitative estimate of drug-likeness (QED) is 0.698. The fourth-order valence-corrected chi connectivity index (χ4v) is 2.10. The molecule has 1 rings (SSSR count). The molecule has 0 aliphatic heterocycles. The molecule has 0 bridgehead atoms. The summed E-state index contributed by atoms with van der Waals surface area (Å²) >= 11 is 1.67. The van der Waals surface area contributed by atoms with Crippen molar-refractivity contribution in [2.45, 2.75) is 27.2 Å². The lowest BCUT2D eigenvalue weighted by Crippen LogP contribution is -2.04. The number of hydrogen-bond acceptors (Lipinski definition) is 3. The standard InChI is InChI=1S/C10H14O2S/c1-4-8-6-9(7(3)13-8)10(11)12-5-2/h6H,4-5H2,1-3H3. The highest BCUT2D eigenvalue weighted by Crippen LogP contribution is 2.22. The van der Waals surface area contributed by atoms with Crippen LogP contribution in [0.4, 0.5) is 0 Å². The van der Waals surface area contributed by atoms with Crippen molar-refractivity contribution < 1.29 is 9.53 Å². The predicted molar refractivity (Wildman–Crippen MR) is 54.4 cm³/mol. The van der Waals surface area contributed by atoms with Crippen LogP contribution < -0.4 is 0 Å². The Balaban J connectivity index is 2.87. The zero-order valence-corrected chi connectivity index (χ0v) is 9.03. The Morgan fingerprint density at radius 1 is 1.54 bits per heavy atom. The fraction of sp³-hybridized carbons (Fsp3) is 0.500. The van der Waals surface area contributed by atoms with Gasteiger partial charge in [0.15, 0.2) is 0 Å². The van der Waals surface area contributed by atoms with E-state index in [0.29, 0.717) is 6.61 Å². The van der Waals surface area contributed by atoms with Crippen LogP contribution in [0.5, 0.6) is 0 Å². The monoisotopic (exact) mass is 198 g/mol. The van der Waals surface area contributed by atoms with E-state index in [4.69, 9.17) is 4.74 Å². The molecule has 2 nitrogen and oxygen atoms in total. The Kier molecular flexibility index (Phi) is 3.48. The molecule has 13 heavy (non-hydrogen) atoms. The van der Waals surface area contributed by atoms with Gasteiger partial charge in [0, 0.05) is 9.75 Å². The van der Waals surface area contributed by atoms with Gasteiger partial charge in [0.05, 0.1) is 12.2 Å². The summed E-state index contributed by atoms with van der Waals surface area (Å²) in [7, 11) is 0. The van der Waals surface area contributed by atoms with Gasteiger partial charge in [-0.3, -0.25) is 0 Å². The van der Waals surface area contributed by atoms with E-state index in [0.717, 1.165) is 16.9 Å². The SMILES string of the molecule is CCOC(=O)c1cc(CC)sc1C. The van der Waals surface area contributed by atoms with E-state index in [1.54, 1.807) is 11.3 Å². The van der Waals surface area contributed by atoms with Gasteiger partial charge in [-0.15, -0.1) is 11.3 Å². The Bertz CT molecular complexity index is 302. The summed E-state index contributed by atoms with van der Waals surface area (Å²) in [5.74, 6) is -0.198. The zero-order valence-electron chi connectivity index (χ0n) is 8.22. The molecule has 3 heteroatoms.